The number of aromatic nitrogens is 2. The van der Waals surface area contributed by atoms with E-state index in [0.717, 1.165) is 0 Å². The van der Waals surface area contributed by atoms with Gasteiger partial charge >= 0.3 is 6.18 Å². The van der Waals surface area contributed by atoms with E-state index in [4.69, 9.17) is 0 Å². The lowest BCUT2D eigenvalue weighted by molar-refractivity contribution is -0.147. The minimum absolute atomic E-state index is 0.179. The molecule has 1 N–H and O–H groups in total. The van der Waals surface area contributed by atoms with Crippen LogP contribution in [0.2, 0.25) is 0 Å². The third kappa shape index (κ3) is 3.72. The first kappa shape index (κ1) is 17.0. The van der Waals surface area contributed by atoms with Crippen molar-refractivity contribution in [2.45, 2.75) is 24.6 Å². The van der Waals surface area contributed by atoms with Crippen LogP contribution in [0.3, 0.4) is 0 Å². The Kier molecular flexibility index (Phi) is 4.76. The average molecular weight is 330 g/mol. The second-order valence-corrected chi connectivity index (χ2v) is 5.31. The van der Waals surface area contributed by atoms with Gasteiger partial charge in [-0.05, 0) is 25.0 Å². The number of carbonyl (C=O) groups is 2. The molecule has 0 atom stereocenters. The lowest BCUT2D eigenvalue weighted by Gasteiger charge is -2.40. The number of piperidine rings is 1. The molecule has 0 aliphatic carbocycles. The van der Waals surface area contributed by atoms with Crippen molar-refractivity contribution in [3.05, 3.63) is 31.1 Å². The van der Waals surface area contributed by atoms with Gasteiger partial charge in [0.15, 0.2) is 0 Å². The molecule has 23 heavy (non-hydrogen) atoms. The molecule has 1 aromatic rings. The highest BCUT2D eigenvalue weighted by Crippen LogP contribution is 2.30. The number of hydrogen-bond donors (Lipinski definition) is 1. The first-order chi connectivity index (χ1) is 10.8. The van der Waals surface area contributed by atoms with Crippen LogP contribution in [0.4, 0.5) is 13.2 Å². The summed E-state index contributed by atoms with van der Waals surface area (Å²) in [4.78, 5) is 25.5. The summed E-state index contributed by atoms with van der Waals surface area (Å²) in [5.74, 6) is -1.01. The zero-order valence-electron chi connectivity index (χ0n) is 12.3. The molecule has 2 amide bonds. The number of amides is 2. The van der Waals surface area contributed by atoms with E-state index >= 15 is 0 Å². The molecular weight excluding hydrogens is 313 g/mol. The number of nitrogens with one attached hydrogen (secondary N) is 1. The van der Waals surface area contributed by atoms with Gasteiger partial charge in [-0.2, -0.15) is 18.3 Å². The van der Waals surface area contributed by atoms with Gasteiger partial charge in [-0.25, -0.2) is 0 Å². The highest BCUT2D eigenvalue weighted by Gasteiger charge is 2.45. The molecular formula is C14H17F3N4O2. The maximum atomic E-state index is 12.4. The molecule has 0 bridgehead atoms. The summed E-state index contributed by atoms with van der Waals surface area (Å²) in [6, 6.07) is 1.60. The summed E-state index contributed by atoms with van der Waals surface area (Å²) in [6.45, 7) is 2.48. The van der Waals surface area contributed by atoms with E-state index in [1.54, 1.807) is 6.07 Å². The predicted octanol–water partition coefficient (Wildman–Crippen LogP) is 1.07. The van der Waals surface area contributed by atoms with Crippen molar-refractivity contribution in [3.63, 3.8) is 0 Å². The third-order valence-electron chi connectivity index (χ3n) is 3.89. The van der Waals surface area contributed by atoms with Crippen molar-refractivity contribution in [2.75, 3.05) is 19.6 Å². The summed E-state index contributed by atoms with van der Waals surface area (Å²) in [6.07, 6.45) is 0.0409. The molecule has 0 saturated carbocycles. The van der Waals surface area contributed by atoms with E-state index < -0.39 is 24.2 Å². The van der Waals surface area contributed by atoms with Crippen molar-refractivity contribution < 1.29 is 22.8 Å². The van der Waals surface area contributed by atoms with Crippen LogP contribution >= 0.6 is 0 Å². The number of nitrogens with zero attached hydrogens (tertiary/aromatic N) is 3. The normalized spacial score (nSPS) is 17.6. The van der Waals surface area contributed by atoms with E-state index in [2.05, 4.69) is 11.7 Å². The highest BCUT2D eigenvalue weighted by molar-refractivity contribution is 5.88. The van der Waals surface area contributed by atoms with Gasteiger partial charge in [-0.15, -0.1) is 0 Å². The fraction of sp³-hybridized carbons (Fsp3) is 0.500. The summed E-state index contributed by atoms with van der Waals surface area (Å²) in [7, 11) is 0. The number of carbonyl (C=O) groups excluding carboxylic acids is 2. The SMILES string of the molecule is C=CC(=O)N1CCC(C(=O)NCC(F)(F)F)(n2cccn2)CC1. The number of likely N-dealkylation sites (tertiary alicyclic amines) is 1. The maximum absolute atomic E-state index is 12.4. The quantitative estimate of drug-likeness (QED) is 0.840. The topological polar surface area (TPSA) is 67.2 Å². The molecule has 126 valence electrons. The molecule has 1 aromatic heterocycles. The van der Waals surface area contributed by atoms with Gasteiger partial charge in [0, 0.05) is 25.5 Å². The van der Waals surface area contributed by atoms with Crippen LogP contribution in [0.15, 0.2) is 31.1 Å². The summed E-state index contributed by atoms with van der Waals surface area (Å²) in [5.41, 5.74) is -1.23. The second-order valence-electron chi connectivity index (χ2n) is 5.31. The Morgan fingerprint density at radius 2 is 2.00 bits per heavy atom. The van der Waals surface area contributed by atoms with Gasteiger partial charge in [0.2, 0.25) is 11.8 Å². The molecule has 0 radical (unpaired) electrons. The largest absolute Gasteiger partial charge is 0.405 e. The van der Waals surface area contributed by atoms with Crippen LogP contribution in [0.25, 0.3) is 0 Å². The van der Waals surface area contributed by atoms with Gasteiger partial charge in [-0.3, -0.25) is 14.3 Å². The molecule has 1 aliphatic rings. The van der Waals surface area contributed by atoms with E-state index in [1.165, 1.54) is 28.1 Å². The van der Waals surface area contributed by atoms with Gasteiger partial charge in [-0.1, -0.05) is 6.58 Å². The highest BCUT2D eigenvalue weighted by atomic mass is 19.4. The van der Waals surface area contributed by atoms with Gasteiger partial charge in [0.1, 0.15) is 12.1 Å². The van der Waals surface area contributed by atoms with Crippen LogP contribution in [-0.4, -0.2) is 52.3 Å². The second kappa shape index (κ2) is 6.43. The Labute approximate surface area is 130 Å². The molecule has 1 fully saturated rings. The van der Waals surface area contributed by atoms with Crippen LogP contribution in [0.1, 0.15) is 12.8 Å². The summed E-state index contributed by atoms with van der Waals surface area (Å²) < 4.78 is 38.5. The average Bonchev–Trinajstić information content (AvgIpc) is 3.06. The molecule has 6 nitrogen and oxygen atoms in total. The smallest absolute Gasteiger partial charge is 0.345 e. The van der Waals surface area contributed by atoms with Crippen LogP contribution in [0.5, 0.6) is 0 Å². The molecule has 0 unspecified atom stereocenters. The van der Waals surface area contributed by atoms with E-state index in [-0.39, 0.29) is 31.8 Å². The number of rotatable bonds is 4. The van der Waals surface area contributed by atoms with E-state index in [9.17, 15) is 22.8 Å². The molecule has 1 aliphatic heterocycles. The van der Waals surface area contributed by atoms with Gasteiger partial charge < -0.3 is 10.2 Å². The third-order valence-corrected chi connectivity index (χ3v) is 3.89. The first-order valence-corrected chi connectivity index (χ1v) is 7.05. The summed E-state index contributed by atoms with van der Waals surface area (Å²) in [5, 5.41) is 5.95. The number of hydrogen-bond acceptors (Lipinski definition) is 3. The standard InChI is InChI=1S/C14H17F3N4O2/c1-2-11(22)20-8-4-13(5-9-20,21-7-3-6-19-21)12(23)18-10-14(15,16)17/h2-3,6-7H,1,4-5,8-10H2,(H,18,23). The monoisotopic (exact) mass is 330 g/mol. The van der Waals surface area contributed by atoms with E-state index in [0.29, 0.717) is 0 Å². The Bertz CT molecular complexity index is 575. The molecule has 2 heterocycles. The van der Waals surface area contributed by atoms with Crippen molar-refractivity contribution in [3.8, 4) is 0 Å². The Balaban J connectivity index is 2.18. The van der Waals surface area contributed by atoms with Crippen molar-refractivity contribution in [2.24, 2.45) is 0 Å². The first-order valence-electron chi connectivity index (χ1n) is 7.05. The minimum Gasteiger partial charge on any atom is -0.345 e. The fourth-order valence-corrected chi connectivity index (χ4v) is 2.65. The number of alkyl halides is 3. The van der Waals surface area contributed by atoms with Crippen molar-refractivity contribution in [1.82, 2.24) is 20.0 Å². The van der Waals surface area contributed by atoms with E-state index in [1.807, 2.05) is 5.32 Å². The molecule has 2 rings (SSSR count). The van der Waals surface area contributed by atoms with Crippen LogP contribution < -0.4 is 5.32 Å². The zero-order chi connectivity index (χ0) is 17.1. The Morgan fingerprint density at radius 3 is 2.48 bits per heavy atom. The summed E-state index contributed by atoms with van der Waals surface area (Å²) >= 11 is 0. The molecule has 0 spiro atoms. The van der Waals surface area contributed by atoms with Gasteiger partial charge in [0.05, 0.1) is 0 Å². The van der Waals surface area contributed by atoms with Crippen LogP contribution in [0, 0.1) is 0 Å². The minimum atomic E-state index is -4.49. The predicted molar refractivity (Wildman–Crippen MR) is 75.3 cm³/mol. The molecule has 0 aromatic carbocycles. The molecule has 9 heteroatoms. The molecule has 1 saturated heterocycles. The van der Waals surface area contributed by atoms with Gasteiger partial charge in [0.25, 0.3) is 0 Å². The number of halogens is 3. The maximum Gasteiger partial charge on any atom is 0.405 e. The lowest BCUT2D eigenvalue weighted by atomic mass is 9.86. The van der Waals surface area contributed by atoms with Crippen molar-refractivity contribution >= 4 is 11.8 Å². The Morgan fingerprint density at radius 1 is 1.35 bits per heavy atom. The van der Waals surface area contributed by atoms with Crippen molar-refractivity contribution in [1.29, 1.82) is 0 Å². The lowest BCUT2D eigenvalue weighted by Crippen LogP contribution is -2.57. The van der Waals surface area contributed by atoms with Crippen LogP contribution in [-0.2, 0) is 15.1 Å². The fourth-order valence-electron chi connectivity index (χ4n) is 2.65. The zero-order valence-corrected chi connectivity index (χ0v) is 12.3. The Hall–Kier alpha value is -2.32.